The van der Waals surface area contributed by atoms with Crippen molar-refractivity contribution in [1.29, 1.82) is 0 Å². The Hall–Kier alpha value is -2.45. The van der Waals surface area contributed by atoms with Crippen LogP contribution in [0.15, 0.2) is 29.0 Å². The van der Waals surface area contributed by atoms with Crippen LogP contribution in [0.4, 0.5) is 11.4 Å². The third-order valence-electron chi connectivity index (χ3n) is 3.44. The Bertz CT molecular complexity index is 731. The number of hydrogen-bond acceptors (Lipinski definition) is 6. The molecule has 0 radical (unpaired) electrons. The third kappa shape index (κ3) is 4.53. The summed E-state index contributed by atoms with van der Waals surface area (Å²) in [6, 6.07) is 4.89. The van der Waals surface area contributed by atoms with Crippen LogP contribution in [0.3, 0.4) is 0 Å². The smallest absolute Gasteiger partial charge is 0.311 e. The van der Waals surface area contributed by atoms with Crippen molar-refractivity contribution in [3.05, 3.63) is 50.2 Å². The number of nitrogens with one attached hydrogen (secondary N) is 1. The number of ether oxygens (including phenoxy) is 1. The van der Waals surface area contributed by atoms with Crippen LogP contribution in [-0.4, -0.2) is 36.4 Å². The molecular weight excluding hydrogens is 330 g/mol. The van der Waals surface area contributed by atoms with E-state index >= 15 is 0 Å². The van der Waals surface area contributed by atoms with Gasteiger partial charge in [-0.15, -0.1) is 0 Å². The number of nitrogens with zero attached hydrogens (tertiary/aromatic N) is 2. The van der Waals surface area contributed by atoms with Gasteiger partial charge in [0.2, 0.25) is 5.91 Å². The average molecular weight is 349 g/mol. The van der Waals surface area contributed by atoms with Gasteiger partial charge in [-0.2, -0.15) is 11.3 Å². The van der Waals surface area contributed by atoms with Crippen LogP contribution >= 0.6 is 11.3 Å². The van der Waals surface area contributed by atoms with E-state index in [1.807, 2.05) is 28.8 Å². The fraction of sp³-hybridized carbons (Fsp3) is 0.312. The summed E-state index contributed by atoms with van der Waals surface area (Å²) in [4.78, 5) is 24.6. The highest BCUT2D eigenvalue weighted by atomic mass is 32.1. The van der Waals surface area contributed by atoms with Gasteiger partial charge in [0.25, 0.3) is 0 Å². The van der Waals surface area contributed by atoms with Gasteiger partial charge in [0.15, 0.2) is 5.75 Å². The molecule has 1 aromatic heterocycles. The molecule has 0 aliphatic heterocycles. The summed E-state index contributed by atoms with van der Waals surface area (Å²) in [6.45, 7) is 2.60. The number of likely N-dealkylation sites (N-methyl/N-ethyl adjacent to an activating group) is 1. The zero-order chi connectivity index (χ0) is 17.7. The maximum absolute atomic E-state index is 12.2. The van der Waals surface area contributed by atoms with Crippen molar-refractivity contribution in [2.45, 2.75) is 13.5 Å². The number of carbonyl (C=O) groups is 1. The highest BCUT2D eigenvalue weighted by Crippen LogP contribution is 2.32. The Morgan fingerprint density at radius 1 is 1.46 bits per heavy atom. The molecule has 1 N–H and O–H groups in total. The monoisotopic (exact) mass is 349 g/mol. The van der Waals surface area contributed by atoms with Gasteiger partial charge >= 0.3 is 5.69 Å². The largest absolute Gasteiger partial charge is 0.490 e. The lowest BCUT2D eigenvalue weighted by molar-refractivity contribution is -0.385. The second-order valence-corrected chi connectivity index (χ2v) is 6.23. The number of amides is 1. The Morgan fingerprint density at radius 2 is 2.21 bits per heavy atom. The fourth-order valence-electron chi connectivity index (χ4n) is 2.30. The second kappa shape index (κ2) is 7.89. The minimum Gasteiger partial charge on any atom is -0.490 e. The molecule has 7 nitrogen and oxygen atoms in total. The molecule has 0 unspecified atom stereocenters. The first-order chi connectivity index (χ1) is 11.4. The van der Waals surface area contributed by atoms with Gasteiger partial charge < -0.3 is 10.1 Å². The summed E-state index contributed by atoms with van der Waals surface area (Å²) in [5.74, 6) is -0.0701. The minimum atomic E-state index is -0.508. The summed E-state index contributed by atoms with van der Waals surface area (Å²) in [5, 5.41) is 17.8. The second-order valence-electron chi connectivity index (χ2n) is 5.45. The molecule has 8 heteroatoms. The van der Waals surface area contributed by atoms with Crippen LogP contribution in [0.2, 0.25) is 0 Å². The van der Waals surface area contributed by atoms with Crippen LogP contribution in [0.5, 0.6) is 5.75 Å². The number of carbonyl (C=O) groups excluding carboxylic acids is 1. The van der Waals surface area contributed by atoms with E-state index in [0.717, 1.165) is 5.56 Å². The van der Waals surface area contributed by atoms with Gasteiger partial charge in [-0.3, -0.25) is 19.8 Å². The predicted octanol–water partition coefficient (Wildman–Crippen LogP) is 3.04. The van der Waals surface area contributed by atoms with Gasteiger partial charge in [-0.1, -0.05) is 0 Å². The maximum atomic E-state index is 12.2. The van der Waals surface area contributed by atoms with Crippen LogP contribution in [0.1, 0.15) is 11.1 Å². The standard InChI is InChI=1S/C16H19N3O4S/c1-11-6-14(19(21)22)15(23-3)7-13(11)17-16(20)9-18(2)8-12-4-5-24-10-12/h4-7,10H,8-9H2,1-3H3,(H,17,20). The van der Waals surface area contributed by atoms with Crippen molar-refractivity contribution in [3.8, 4) is 5.75 Å². The molecule has 0 saturated heterocycles. The first kappa shape index (κ1) is 17.9. The number of nitro groups is 1. The van der Waals surface area contributed by atoms with E-state index in [2.05, 4.69) is 5.32 Å². The summed E-state index contributed by atoms with van der Waals surface area (Å²) in [7, 11) is 3.22. The predicted molar refractivity (Wildman–Crippen MR) is 93.7 cm³/mol. The number of thiophene rings is 1. The van der Waals surface area contributed by atoms with E-state index in [-0.39, 0.29) is 23.9 Å². The Morgan fingerprint density at radius 3 is 2.79 bits per heavy atom. The Balaban J connectivity index is 2.04. The van der Waals surface area contributed by atoms with Crippen LogP contribution < -0.4 is 10.1 Å². The molecule has 0 fully saturated rings. The Kier molecular flexibility index (Phi) is 5.88. The quantitative estimate of drug-likeness (QED) is 0.613. The van der Waals surface area contributed by atoms with Crippen LogP contribution in [-0.2, 0) is 11.3 Å². The van der Waals surface area contributed by atoms with Gasteiger partial charge in [0.1, 0.15) is 0 Å². The first-order valence-corrected chi connectivity index (χ1v) is 8.17. The molecule has 1 heterocycles. The van der Waals surface area contributed by atoms with Crippen molar-refractivity contribution in [2.24, 2.45) is 0 Å². The zero-order valence-corrected chi connectivity index (χ0v) is 14.6. The highest BCUT2D eigenvalue weighted by Gasteiger charge is 2.18. The summed E-state index contributed by atoms with van der Waals surface area (Å²) < 4.78 is 5.03. The molecule has 128 valence electrons. The van der Waals surface area contributed by atoms with Crippen molar-refractivity contribution in [2.75, 3.05) is 26.0 Å². The molecular formula is C16H19N3O4S. The molecule has 2 rings (SSSR count). The number of hydrogen-bond donors (Lipinski definition) is 1. The average Bonchev–Trinajstić information content (AvgIpc) is 3.01. The number of rotatable bonds is 7. The molecule has 0 atom stereocenters. The van der Waals surface area contributed by atoms with Gasteiger partial charge in [0.05, 0.1) is 18.6 Å². The molecule has 0 bridgehead atoms. The van der Waals surface area contributed by atoms with Crippen LogP contribution in [0, 0.1) is 17.0 Å². The van der Waals surface area contributed by atoms with Crippen molar-refractivity contribution < 1.29 is 14.5 Å². The summed E-state index contributed by atoms with van der Waals surface area (Å²) >= 11 is 1.62. The van der Waals surface area contributed by atoms with Crippen molar-refractivity contribution >= 4 is 28.6 Å². The zero-order valence-electron chi connectivity index (χ0n) is 13.7. The van der Waals surface area contributed by atoms with E-state index in [4.69, 9.17) is 4.74 Å². The lowest BCUT2D eigenvalue weighted by Crippen LogP contribution is -2.29. The molecule has 2 aromatic rings. The number of methoxy groups -OCH3 is 1. The van der Waals surface area contributed by atoms with E-state index in [1.165, 1.54) is 19.2 Å². The minimum absolute atomic E-state index is 0.118. The van der Waals surface area contributed by atoms with Gasteiger partial charge in [-0.25, -0.2) is 0 Å². The van der Waals surface area contributed by atoms with E-state index in [0.29, 0.717) is 17.8 Å². The summed E-state index contributed by atoms with van der Waals surface area (Å²) in [5.41, 5.74) is 2.15. The SMILES string of the molecule is COc1cc(NC(=O)CN(C)Cc2ccsc2)c(C)cc1[N+](=O)[O-]. The van der Waals surface area contributed by atoms with Crippen molar-refractivity contribution in [3.63, 3.8) is 0 Å². The number of anilines is 1. The van der Waals surface area contributed by atoms with Gasteiger partial charge in [-0.05, 0) is 41.9 Å². The topological polar surface area (TPSA) is 84.7 Å². The molecule has 0 aliphatic rings. The molecule has 1 amide bonds. The van der Waals surface area contributed by atoms with E-state index < -0.39 is 4.92 Å². The van der Waals surface area contributed by atoms with Gasteiger partial charge in [0, 0.05) is 24.4 Å². The number of benzene rings is 1. The lowest BCUT2D eigenvalue weighted by atomic mass is 10.1. The molecule has 0 spiro atoms. The van der Waals surface area contributed by atoms with Crippen molar-refractivity contribution in [1.82, 2.24) is 4.90 Å². The molecule has 24 heavy (non-hydrogen) atoms. The first-order valence-electron chi connectivity index (χ1n) is 7.23. The molecule has 1 aromatic carbocycles. The summed E-state index contributed by atoms with van der Waals surface area (Å²) in [6.07, 6.45) is 0. The van der Waals surface area contributed by atoms with E-state index in [1.54, 1.807) is 18.3 Å². The normalized spacial score (nSPS) is 10.7. The maximum Gasteiger partial charge on any atom is 0.311 e. The van der Waals surface area contributed by atoms with E-state index in [9.17, 15) is 14.9 Å². The highest BCUT2D eigenvalue weighted by molar-refractivity contribution is 7.07. The third-order valence-corrected chi connectivity index (χ3v) is 4.17. The Labute approximate surface area is 144 Å². The number of aryl methyl sites for hydroxylation is 1. The van der Waals surface area contributed by atoms with Crippen LogP contribution in [0.25, 0.3) is 0 Å². The molecule has 0 aliphatic carbocycles. The fourth-order valence-corrected chi connectivity index (χ4v) is 2.96. The lowest BCUT2D eigenvalue weighted by Gasteiger charge is -2.16. The molecule has 0 saturated carbocycles. The number of nitro benzene ring substituents is 1.